The Kier molecular flexibility index (Phi) is 10.9. The Morgan fingerprint density at radius 1 is 0.531 bits per heavy atom. The van der Waals surface area contributed by atoms with Gasteiger partial charge in [0.25, 0.3) is 0 Å². The summed E-state index contributed by atoms with van der Waals surface area (Å²) in [5, 5.41) is 15.6. The smallest absolute Gasteiger partial charge is 0.211 e. The molecule has 0 bridgehead atoms. The fourth-order valence-electron chi connectivity index (χ4n) is 8.92. The number of nitriles is 1. The van der Waals surface area contributed by atoms with Gasteiger partial charge in [-0.15, -0.1) is 11.1 Å². The van der Waals surface area contributed by atoms with E-state index in [4.69, 9.17) is 13.1 Å². The van der Waals surface area contributed by atoms with Crippen molar-refractivity contribution in [3.05, 3.63) is 81.5 Å². The Bertz CT molecular complexity index is 2170. The molecule has 0 aliphatic heterocycles. The van der Waals surface area contributed by atoms with Gasteiger partial charge in [0.15, 0.2) is 0 Å². The third-order valence-corrected chi connectivity index (χ3v) is 24.0. The number of hydrogen-bond acceptors (Lipinski definition) is 1. The van der Waals surface area contributed by atoms with Crippen molar-refractivity contribution in [2.45, 2.75) is 123 Å². The molecule has 0 unspecified atom stereocenters. The number of rotatable bonds is 6. The van der Waals surface area contributed by atoms with Gasteiger partial charge in [0.1, 0.15) is 16.1 Å². The van der Waals surface area contributed by atoms with E-state index in [9.17, 15) is 5.26 Å². The van der Waals surface area contributed by atoms with Crippen LogP contribution in [0.25, 0.3) is 42.0 Å². The fourth-order valence-corrected chi connectivity index (χ4v) is 19.3. The minimum absolute atomic E-state index is 0.312. The highest BCUT2D eigenvalue weighted by Gasteiger charge is 2.43. The largest absolute Gasteiger partial charge is 0.249 e. The van der Waals surface area contributed by atoms with E-state index in [2.05, 4.69) is 152 Å². The molecule has 0 saturated carbocycles. The van der Waals surface area contributed by atoms with E-state index in [0.29, 0.717) is 61.3 Å². The molecule has 250 valence electrons. The number of aryl methyl sites for hydroxylation is 1. The predicted molar refractivity (Wildman–Crippen MR) is 217 cm³/mol. The Morgan fingerprint density at radius 2 is 0.857 bits per heavy atom. The first-order valence-corrected chi connectivity index (χ1v) is 22.2. The van der Waals surface area contributed by atoms with Crippen LogP contribution in [-0.2, 0) is 0 Å². The third-order valence-electron chi connectivity index (χ3n) is 11.4. The van der Waals surface area contributed by atoms with Crippen molar-refractivity contribution in [3.8, 4) is 29.0 Å². The van der Waals surface area contributed by atoms with Crippen LogP contribution in [0.2, 0.25) is 33.2 Å². The van der Waals surface area contributed by atoms with E-state index in [1.165, 1.54) is 0 Å². The molecule has 0 atom stereocenters. The number of nitrogens with zero attached hydrogens (tertiary/aromatic N) is 3. The lowest BCUT2D eigenvalue weighted by Crippen LogP contribution is -2.43. The lowest BCUT2D eigenvalue weighted by molar-refractivity contribution is 0.838. The zero-order valence-electron chi connectivity index (χ0n) is 31.8. The van der Waals surface area contributed by atoms with Crippen molar-refractivity contribution in [1.29, 1.82) is 5.26 Å². The van der Waals surface area contributed by atoms with Crippen LogP contribution in [0.1, 0.15) is 105 Å². The van der Waals surface area contributed by atoms with Gasteiger partial charge < -0.3 is 0 Å². The molecule has 0 radical (unpaired) electrons. The Balaban J connectivity index is 2.29. The molecule has 49 heavy (non-hydrogen) atoms. The highest BCUT2D eigenvalue weighted by Crippen LogP contribution is 2.46. The van der Waals surface area contributed by atoms with Gasteiger partial charge in [0, 0.05) is 11.1 Å². The highest BCUT2D eigenvalue weighted by atomic mass is 28.3. The predicted octanol–water partition coefficient (Wildman–Crippen LogP) is 13.6. The fraction of sp³-hybridized carbons (Fsp3) is 0.432. The molecule has 0 aromatic heterocycles. The first-order valence-electron chi connectivity index (χ1n) is 17.7. The molecule has 0 amide bonds. The second-order valence-corrected chi connectivity index (χ2v) is 26.8. The molecule has 4 aromatic carbocycles. The molecule has 0 spiro atoms. The highest BCUT2D eigenvalue weighted by molar-refractivity contribution is 6.91. The molecular formula is C44H51N3Si2. The van der Waals surface area contributed by atoms with Gasteiger partial charge in [0.2, 0.25) is 11.4 Å². The van der Waals surface area contributed by atoms with Crippen LogP contribution in [0.4, 0.5) is 11.4 Å². The number of hydrogen-bond donors (Lipinski definition) is 0. The van der Waals surface area contributed by atoms with Crippen LogP contribution in [0, 0.1) is 54.3 Å². The van der Waals surface area contributed by atoms with E-state index in [1.54, 1.807) is 0 Å². The molecule has 3 nitrogen and oxygen atoms in total. The maximum Gasteiger partial charge on any atom is 0.211 e. The van der Waals surface area contributed by atoms with E-state index in [0.717, 1.165) is 37.9 Å². The summed E-state index contributed by atoms with van der Waals surface area (Å²) in [6, 6.07) is 15.0. The van der Waals surface area contributed by atoms with Gasteiger partial charge in [-0.05, 0) is 108 Å². The minimum Gasteiger partial charge on any atom is -0.249 e. The summed E-state index contributed by atoms with van der Waals surface area (Å²) in [5.74, 6) is 7.25. The Morgan fingerprint density at radius 3 is 1.16 bits per heavy atom. The zero-order valence-corrected chi connectivity index (χ0v) is 33.8. The number of benzene rings is 4. The monoisotopic (exact) mass is 677 g/mol. The SMILES string of the molecule is [C-]#[N+]c1c([N+]#[C-])c(C#C[Si](C(C)C)(C(C)C)C(C)C)c2cc3cc4cc(C#N)c(C)cc4cc3cc2c1C#C[Si](C(C)C)(C(C)C)C(C)C. The van der Waals surface area contributed by atoms with E-state index in [1.807, 2.05) is 13.0 Å². The topological polar surface area (TPSA) is 32.5 Å². The van der Waals surface area contributed by atoms with Gasteiger partial charge in [-0.25, -0.2) is 9.69 Å². The Hall–Kier alpha value is -4.32. The summed E-state index contributed by atoms with van der Waals surface area (Å²) < 4.78 is 0. The first-order chi connectivity index (χ1) is 23.0. The molecule has 4 aromatic rings. The van der Waals surface area contributed by atoms with Crippen LogP contribution in [0.5, 0.6) is 0 Å². The van der Waals surface area contributed by atoms with Gasteiger partial charge in [-0.1, -0.05) is 101 Å². The maximum atomic E-state index is 9.73. The lowest BCUT2D eigenvalue weighted by atomic mass is 9.92. The van der Waals surface area contributed by atoms with E-state index >= 15 is 0 Å². The van der Waals surface area contributed by atoms with Gasteiger partial charge in [0.05, 0.1) is 24.8 Å². The summed E-state index contributed by atoms with van der Waals surface area (Å²) in [5.41, 5.74) is 13.9. The summed E-state index contributed by atoms with van der Waals surface area (Å²) in [6.07, 6.45) is 0. The molecule has 0 fully saturated rings. The molecule has 0 aliphatic carbocycles. The van der Waals surface area contributed by atoms with Crippen LogP contribution in [0.3, 0.4) is 0 Å². The molecule has 4 rings (SSSR count). The van der Waals surface area contributed by atoms with Crippen molar-refractivity contribution in [3.63, 3.8) is 0 Å². The van der Waals surface area contributed by atoms with E-state index in [-0.39, 0.29) is 0 Å². The summed E-state index contributed by atoms with van der Waals surface area (Å²) in [7, 11) is -4.30. The quantitative estimate of drug-likeness (QED) is 0.0865. The second kappa shape index (κ2) is 14.3. The van der Waals surface area contributed by atoms with Crippen LogP contribution >= 0.6 is 0 Å². The van der Waals surface area contributed by atoms with Crippen molar-refractivity contribution in [2.75, 3.05) is 0 Å². The Labute approximate surface area is 297 Å². The molecule has 0 aliphatic rings. The average molecular weight is 678 g/mol. The van der Waals surface area contributed by atoms with Crippen molar-refractivity contribution in [2.24, 2.45) is 0 Å². The minimum atomic E-state index is -2.15. The maximum absolute atomic E-state index is 9.73. The standard InChI is InChI=1S/C44H51N3Si2/c1-27(2)48(28(3)4,29(5)6)18-16-39-41-24-36-21-34-20-33(13)38(26-45)23-35(34)22-37(36)25-42(41)40(44(47-15)43(39)46-14)17-19-49(30(7)8,31(9)10)32(11)12/h20-25,27-32H,1-13H3. The van der Waals surface area contributed by atoms with Gasteiger partial charge in [-0.3, -0.25) is 0 Å². The molecule has 0 heterocycles. The molecular weight excluding hydrogens is 627 g/mol. The van der Waals surface area contributed by atoms with Crippen molar-refractivity contribution < 1.29 is 0 Å². The zero-order chi connectivity index (χ0) is 36.6. The van der Waals surface area contributed by atoms with Crippen LogP contribution in [-0.4, -0.2) is 16.1 Å². The van der Waals surface area contributed by atoms with Crippen molar-refractivity contribution >= 4 is 59.8 Å². The first kappa shape index (κ1) is 37.5. The van der Waals surface area contributed by atoms with E-state index < -0.39 is 16.1 Å². The summed E-state index contributed by atoms with van der Waals surface area (Å²) in [6.45, 7) is 46.4. The number of fused-ring (bicyclic) bond motifs is 3. The normalized spacial score (nSPS) is 12.1. The van der Waals surface area contributed by atoms with Crippen LogP contribution < -0.4 is 0 Å². The van der Waals surface area contributed by atoms with Crippen LogP contribution in [0.15, 0.2) is 36.4 Å². The van der Waals surface area contributed by atoms with Crippen molar-refractivity contribution in [1.82, 2.24) is 0 Å². The molecule has 5 heteroatoms. The molecule has 0 saturated heterocycles. The second-order valence-electron chi connectivity index (χ2n) is 15.7. The van der Waals surface area contributed by atoms with Gasteiger partial charge >= 0.3 is 0 Å². The summed E-state index contributed by atoms with van der Waals surface area (Å²) >= 11 is 0. The van der Waals surface area contributed by atoms with Gasteiger partial charge in [-0.2, -0.15) is 5.26 Å². The average Bonchev–Trinajstić information content (AvgIpc) is 3.02. The summed E-state index contributed by atoms with van der Waals surface area (Å²) in [4.78, 5) is 8.12. The lowest BCUT2D eigenvalue weighted by Gasteiger charge is -2.38. The third kappa shape index (κ3) is 6.31. The molecule has 0 N–H and O–H groups in total.